The number of hydrogen-bond acceptors (Lipinski definition) is 5. The number of pyridine rings is 1. The third-order valence-corrected chi connectivity index (χ3v) is 6.58. The van der Waals surface area contributed by atoms with Crippen molar-refractivity contribution in [2.45, 2.75) is 37.4 Å². The smallest absolute Gasteiger partial charge is 0.332 e. The van der Waals surface area contributed by atoms with Crippen LogP contribution in [-0.4, -0.2) is 57.3 Å². The number of nitriles is 1. The van der Waals surface area contributed by atoms with Gasteiger partial charge in [-0.2, -0.15) is 5.26 Å². The summed E-state index contributed by atoms with van der Waals surface area (Å²) in [6.07, 6.45) is 4.10. The monoisotopic (exact) mass is 387 g/mol. The van der Waals surface area contributed by atoms with Gasteiger partial charge in [0.1, 0.15) is 12.1 Å². The molecular weight excluding hydrogens is 370 g/mol. The molecule has 2 aromatic rings. The van der Waals surface area contributed by atoms with Crippen molar-refractivity contribution in [3.63, 3.8) is 0 Å². The topological polar surface area (TPSA) is 97.6 Å². The molecule has 6 rings (SSSR count). The van der Waals surface area contributed by atoms with E-state index >= 15 is 0 Å². The molecule has 0 N–H and O–H groups in total. The van der Waals surface area contributed by atoms with Gasteiger partial charge >= 0.3 is 6.03 Å². The number of carbonyl (C=O) groups is 3. The van der Waals surface area contributed by atoms with E-state index in [-0.39, 0.29) is 35.8 Å². The van der Waals surface area contributed by atoms with Gasteiger partial charge in [-0.1, -0.05) is 0 Å². The Balaban J connectivity index is 1.41. The Labute approximate surface area is 166 Å². The molecule has 4 amide bonds. The van der Waals surface area contributed by atoms with Crippen LogP contribution in [-0.2, 0) is 9.59 Å². The Hall–Kier alpha value is -3.47. The molecule has 144 valence electrons. The molecule has 2 bridgehead atoms. The highest BCUT2D eigenvalue weighted by Gasteiger charge is 2.63. The van der Waals surface area contributed by atoms with Crippen LogP contribution in [0.25, 0.3) is 10.9 Å². The second kappa shape index (κ2) is 5.54. The minimum Gasteiger partial charge on any atom is -0.335 e. The number of carbonyl (C=O) groups excluding carboxylic acids is 3. The van der Waals surface area contributed by atoms with Crippen LogP contribution >= 0.6 is 0 Å². The number of urea groups is 1. The predicted molar refractivity (Wildman–Crippen MR) is 102 cm³/mol. The molecule has 3 atom stereocenters. The number of fused-ring (bicyclic) bond motifs is 6. The lowest BCUT2D eigenvalue weighted by Crippen LogP contribution is -2.55. The van der Waals surface area contributed by atoms with Crippen LogP contribution in [0.3, 0.4) is 0 Å². The summed E-state index contributed by atoms with van der Waals surface area (Å²) in [6, 6.07) is 7.49. The van der Waals surface area contributed by atoms with Crippen LogP contribution in [0.4, 0.5) is 10.5 Å². The van der Waals surface area contributed by atoms with E-state index in [0.29, 0.717) is 35.1 Å². The van der Waals surface area contributed by atoms with E-state index in [1.165, 1.54) is 4.90 Å². The quantitative estimate of drug-likeness (QED) is 0.730. The molecule has 0 unspecified atom stereocenters. The third-order valence-electron chi connectivity index (χ3n) is 6.58. The maximum Gasteiger partial charge on any atom is 0.332 e. The Morgan fingerprint density at radius 3 is 2.79 bits per heavy atom. The molecule has 3 saturated heterocycles. The van der Waals surface area contributed by atoms with Crippen molar-refractivity contribution in [3.8, 4) is 6.07 Å². The number of anilines is 1. The largest absolute Gasteiger partial charge is 0.335 e. The van der Waals surface area contributed by atoms with Crippen molar-refractivity contribution in [2.24, 2.45) is 5.92 Å². The number of imide groups is 1. The van der Waals surface area contributed by atoms with E-state index in [1.54, 1.807) is 35.4 Å². The Bertz CT molecular complexity index is 1150. The van der Waals surface area contributed by atoms with E-state index in [2.05, 4.69) is 11.1 Å². The maximum atomic E-state index is 13.4. The summed E-state index contributed by atoms with van der Waals surface area (Å²) in [4.78, 5) is 48.2. The van der Waals surface area contributed by atoms with Crippen LogP contribution in [0, 0.1) is 17.2 Å². The lowest BCUT2D eigenvalue weighted by atomic mass is 10.1. The summed E-state index contributed by atoms with van der Waals surface area (Å²) >= 11 is 0. The zero-order valence-electron chi connectivity index (χ0n) is 15.5. The number of amides is 4. The zero-order valence-corrected chi connectivity index (χ0v) is 15.5. The normalized spacial score (nSPS) is 27.7. The van der Waals surface area contributed by atoms with Gasteiger partial charge in [0.15, 0.2) is 0 Å². The van der Waals surface area contributed by atoms with Crippen LogP contribution < -0.4 is 4.90 Å². The molecule has 0 spiro atoms. The van der Waals surface area contributed by atoms with E-state index in [9.17, 15) is 19.6 Å². The van der Waals surface area contributed by atoms with Crippen LogP contribution in [0.15, 0.2) is 30.5 Å². The van der Waals surface area contributed by atoms with Gasteiger partial charge in [-0.3, -0.25) is 14.6 Å². The predicted octanol–water partition coefficient (Wildman–Crippen LogP) is 1.64. The average molecular weight is 387 g/mol. The standard InChI is InChI=1S/C21H17N5O3/c22-9-12-5-6-15(14-2-1-7-23-17(12)14)26-20(28)18-16-8-13(25(18)21(26)29)10-24(16)19(27)11-3-4-11/h1-2,5-7,11,13,16,18H,3-4,8,10H2/t13-,16-,18-/m0/s1. The van der Waals surface area contributed by atoms with Crippen molar-refractivity contribution >= 4 is 34.4 Å². The van der Waals surface area contributed by atoms with Crippen LogP contribution in [0.2, 0.25) is 0 Å². The average Bonchev–Trinajstić information content (AvgIpc) is 3.33. The molecule has 1 saturated carbocycles. The summed E-state index contributed by atoms with van der Waals surface area (Å²) in [5.41, 5.74) is 1.30. The van der Waals surface area contributed by atoms with Gasteiger partial charge in [-0.05, 0) is 43.5 Å². The molecule has 4 fully saturated rings. The van der Waals surface area contributed by atoms with Gasteiger partial charge in [-0.25, -0.2) is 9.69 Å². The van der Waals surface area contributed by atoms with E-state index in [1.807, 2.05) is 4.90 Å². The first-order valence-corrected chi connectivity index (χ1v) is 9.84. The Kier molecular flexibility index (Phi) is 3.15. The first kappa shape index (κ1) is 16.5. The highest BCUT2D eigenvalue weighted by Crippen LogP contribution is 2.45. The third kappa shape index (κ3) is 2.07. The molecule has 4 aliphatic rings. The Morgan fingerprint density at radius 2 is 2.03 bits per heavy atom. The number of benzene rings is 1. The maximum absolute atomic E-state index is 13.4. The number of rotatable bonds is 2. The number of likely N-dealkylation sites (tertiary alicyclic amines) is 1. The van der Waals surface area contributed by atoms with Crippen LogP contribution in [0.5, 0.6) is 0 Å². The number of piperazine rings is 1. The van der Waals surface area contributed by atoms with Crippen molar-refractivity contribution in [3.05, 3.63) is 36.0 Å². The minimum atomic E-state index is -0.619. The SMILES string of the molecule is N#Cc1ccc(N2C(=O)[C@@H]3[C@@H]4C[C@@H](CN4C(=O)C4CC4)N3C2=O)c2cccnc12. The number of nitrogens with zero attached hydrogens (tertiary/aromatic N) is 5. The number of aromatic nitrogens is 1. The fourth-order valence-corrected chi connectivity index (χ4v) is 5.14. The summed E-state index contributed by atoms with van der Waals surface area (Å²) in [5.74, 6) is -0.0748. The molecule has 3 aliphatic heterocycles. The van der Waals surface area contributed by atoms with E-state index in [0.717, 1.165) is 12.8 Å². The molecule has 8 nitrogen and oxygen atoms in total. The van der Waals surface area contributed by atoms with E-state index < -0.39 is 6.04 Å². The second-order valence-corrected chi connectivity index (χ2v) is 8.17. The lowest BCUT2D eigenvalue weighted by molar-refractivity contribution is -0.136. The zero-order chi connectivity index (χ0) is 19.9. The van der Waals surface area contributed by atoms with Gasteiger partial charge < -0.3 is 9.80 Å². The first-order chi connectivity index (χ1) is 14.1. The van der Waals surface area contributed by atoms with Crippen molar-refractivity contribution in [1.82, 2.24) is 14.8 Å². The first-order valence-electron chi connectivity index (χ1n) is 9.84. The summed E-state index contributed by atoms with van der Waals surface area (Å²) in [5, 5.41) is 9.94. The highest BCUT2D eigenvalue weighted by atomic mass is 16.2. The van der Waals surface area contributed by atoms with Crippen molar-refractivity contribution in [2.75, 3.05) is 11.4 Å². The molecule has 1 aromatic carbocycles. The molecule has 0 radical (unpaired) electrons. The fraction of sp³-hybridized carbons (Fsp3) is 0.381. The summed E-state index contributed by atoms with van der Waals surface area (Å²) in [7, 11) is 0. The summed E-state index contributed by atoms with van der Waals surface area (Å²) < 4.78 is 0. The van der Waals surface area contributed by atoms with Crippen molar-refractivity contribution < 1.29 is 14.4 Å². The van der Waals surface area contributed by atoms with Gasteiger partial charge in [0.25, 0.3) is 5.91 Å². The molecular formula is C21H17N5O3. The molecule has 1 aromatic heterocycles. The van der Waals surface area contributed by atoms with Crippen LogP contribution in [0.1, 0.15) is 24.8 Å². The van der Waals surface area contributed by atoms with Gasteiger partial charge in [0, 0.05) is 24.0 Å². The molecule has 4 heterocycles. The fourth-order valence-electron chi connectivity index (χ4n) is 5.14. The van der Waals surface area contributed by atoms with Gasteiger partial charge in [0.2, 0.25) is 5.91 Å². The highest BCUT2D eigenvalue weighted by molar-refractivity contribution is 6.25. The van der Waals surface area contributed by atoms with Crippen molar-refractivity contribution in [1.29, 1.82) is 5.26 Å². The van der Waals surface area contributed by atoms with Gasteiger partial charge in [0.05, 0.1) is 28.9 Å². The molecule has 1 aliphatic carbocycles. The Morgan fingerprint density at radius 1 is 1.21 bits per heavy atom. The molecule has 29 heavy (non-hydrogen) atoms. The minimum absolute atomic E-state index is 0.0969. The number of hydrogen-bond donors (Lipinski definition) is 0. The second-order valence-electron chi connectivity index (χ2n) is 8.17. The lowest BCUT2D eigenvalue weighted by Gasteiger charge is -2.35. The van der Waals surface area contributed by atoms with E-state index in [4.69, 9.17) is 0 Å². The molecule has 8 heteroatoms. The van der Waals surface area contributed by atoms with Gasteiger partial charge in [-0.15, -0.1) is 0 Å². The summed E-state index contributed by atoms with van der Waals surface area (Å²) in [6.45, 7) is 0.513.